The molecule has 0 aromatic heterocycles. The van der Waals surface area contributed by atoms with Crippen molar-refractivity contribution in [3.05, 3.63) is 24.3 Å². The van der Waals surface area contributed by atoms with Gasteiger partial charge in [-0.25, -0.2) is 8.42 Å². The van der Waals surface area contributed by atoms with Crippen LogP contribution >= 0.6 is 0 Å². The standard InChI is InChI=1S/C8H13N3O2S/c1-2-14(12,13)11-8-5-3-4-7(6-8)10-9/h3-6,10-11H,2,9H2,1H3. The van der Waals surface area contributed by atoms with Gasteiger partial charge in [-0.15, -0.1) is 0 Å². The van der Waals surface area contributed by atoms with Crippen molar-refractivity contribution in [2.75, 3.05) is 15.9 Å². The van der Waals surface area contributed by atoms with Gasteiger partial charge in [-0.2, -0.15) is 0 Å². The monoisotopic (exact) mass is 215 g/mol. The Morgan fingerprint density at radius 3 is 2.57 bits per heavy atom. The molecule has 78 valence electrons. The number of rotatable bonds is 4. The summed E-state index contributed by atoms with van der Waals surface area (Å²) >= 11 is 0. The quantitative estimate of drug-likeness (QED) is 0.510. The first-order valence-electron chi connectivity index (χ1n) is 4.14. The lowest BCUT2D eigenvalue weighted by molar-refractivity contribution is 0.602. The fourth-order valence-corrected chi connectivity index (χ4v) is 1.55. The fourth-order valence-electron chi connectivity index (χ4n) is 0.924. The molecule has 0 saturated carbocycles. The normalized spacial score (nSPS) is 11.0. The van der Waals surface area contributed by atoms with Crippen LogP contribution < -0.4 is 16.0 Å². The molecule has 0 fully saturated rings. The molecule has 0 aliphatic rings. The van der Waals surface area contributed by atoms with E-state index in [1.54, 1.807) is 31.2 Å². The minimum Gasteiger partial charge on any atom is -0.324 e. The highest BCUT2D eigenvalue weighted by molar-refractivity contribution is 7.92. The predicted molar refractivity (Wildman–Crippen MR) is 57.3 cm³/mol. The van der Waals surface area contributed by atoms with Crippen LogP contribution in [0.4, 0.5) is 11.4 Å². The average molecular weight is 215 g/mol. The Bertz CT molecular complexity index is 403. The fraction of sp³-hybridized carbons (Fsp3) is 0.250. The van der Waals surface area contributed by atoms with Crippen LogP contribution in [0.3, 0.4) is 0 Å². The minimum atomic E-state index is -3.22. The molecule has 0 amide bonds. The van der Waals surface area contributed by atoms with Crippen molar-refractivity contribution in [3.8, 4) is 0 Å². The molecular formula is C8H13N3O2S. The van der Waals surface area contributed by atoms with Crippen LogP contribution in [0.5, 0.6) is 0 Å². The van der Waals surface area contributed by atoms with Crippen molar-refractivity contribution >= 4 is 21.4 Å². The first kappa shape index (κ1) is 10.8. The number of anilines is 2. The second kappa shape index (κ2) is 4.30. The van der Waals surface area contributed by atoms with Gasteiger partial charge in [0.2, 0.25) is 10.0 Å². The molecule has 0 spiro atoms. The van der Waals surface area contributed by atoms with E-state index in [4.69, 9.17) is 5.84 Å². The summed E-state index contributed by atoms with van der Waals surface area (Å²) in [7, 11) is -3.22. The third-order valence-corrected chi connectivity index (χ3v) is 2.99. The van der Waals surface area contributed by atoms with Gasteiger partial charge in [-0.1, -0.05) is 6.07 Å². The molecule has 0 unspecified atom stereocenters. The van der Waals surface area contributed by atoms with Crippen LogP contribution in [-0.4, -0.2) is 14.2 Å². The molecule has 1 aromatic rings. The summed E-state index contributed by atoms with van der Waals surface area (Å²) in [5.41, 5.74) is 3.59. The van der Waals surface area contributed by atoms with Gasteiger partial charge >= 0.3 is 0 Å². The number of benzene rings is 1. The van der Waals surface area contributed by atoms with Crippen molar-refractivity contribution in [3.63, 3.8) is 0 Å². The maximum atomic E-state index is 11.2. The number of sulfonamides is 1. The Kier molecular flexibility index (Phi) is 3.32. The van der Waals surface area contributed by atoms with E-state index in [1.165, 1.54) is 0 Å². The van der Waals surface area contributed by atoms with Crippen molar-refractivity contribution < 1.29 is 8.42 Å². The van der Waals surface area contributed by atoms with Crippen LogP contribution in [0.15, 0.2) is 24.3 Å². The first-order valence-corrected chi connectivity index (χ1v) is 5.80. The molecule has 1 rings (SSSR count). The molecule has 6 heteroatoms. The average Bonchev–Trinajstić information content (AvgIpc) is 2.17. The summed E-state index contributed by atoms with van der Waals surface area (Å²) in [6.45, 7) is 1.58. The van der Waals surface area contributed by atoms with Crippen LogP contribution in [0.25, 0.3) is 0 Å². The zero-order valence-electron chi connectivity index (χ0n) is 7.82. The number of hydrogen-bond donors (Lipinski definition) is 3. The number of nitrogens with two attached hydrogens (primary N) is 1. The topological polar surface area (TPSA) is 84.2 Å². The summed E-state index contributed by atoms with van der Waals surface area (Å²) in [5, 5.41) is 0. The molecule has 0 radical (unpaired) electrons. The van der Waals surface area contributed by atoms with Gasteiger partial charge in [0.1, 0.15) is 0 Å². The van der Waals surface area contributed by atoms with Crippen molar-refractivity contribution in [1.29, 1.82) is 0 Å². The van der Waals surface area contributed by atoms with Gasteiger partial charge in [-0.05, 0) is 25.1 Å². The van der Waals surface area contributed by atoms with Gasteiger partial charge in [0.15, 0.2) is 0 Å². The highest BCUT2D eigenvalue weighted by Crippen LogP contribution is 2.15. The number of hydrogen-bond acceptors (Lipinski definition) is 4. The van der Waals surface area contributed by atoms with Crippen LogP contribution in [-0.2, 0) is 10.0 Å². The molecule has 4 N–H and O–H groups in total. The molecular weight excluding hydrogens is 202 g/mol. The minimum absolute atomic E-state index is 0.0489. The molecule has 14 heavy (non-hydrogen) atoms. The Morgan fingerprint density at radius 2 is 2.00 bits per heavy atom. The number of hydrazine groups is 1. The van der Waals surface area contributed by atoms with Gasteiger partial charge in [0.25, 0.3) is 0 Å². The van der Waals surface area contributed by atoms with Gasteiger partial charge in [0, 0.05) is 0 Å². The molecule has 0 heterocycles. The molecule has 0 saturated heterocycles. The summed E-state index contributed by atoms with van der Waals surface area (Å²) in [6, 6.07) is 6.73. The molecule has 0 aliphatic heterocycles. The third kappa shape index (κ3) is 2.90. The molecule has 1 aromatic carbocycles. The largest absolute Gasteiger partial charge is 0.324 e. The number of nitrogen functional groups attached to an aromatic ring is 1. The van der Waals surface area contributed by atoms with E-state index in [1.807, 2.05) is 0 Å². The highest BCUT2D eigenvalue weighted by Gasteiger charge is 2.06. The van der Waals surface area contributed by atoms with Crippen molar-refractivity contribution in [1.82, 2.24) is 0 Å². The Hall–Kier alpha value is -1.27. The zero-order chi connectivity index (χ0) is 10.6. The van der Waals surface area contributed by atoms with Crippen molar-refractivity contribution in [2.45, 2.75) is 6.92 Å². The van der Waals surface area contributed by atoms with Gasteiger partial charge < -0.3 is 5.43 Å². The van der Waals surface area contributed by atoms with E-state index in [0.717, 1.165) is 0 Å². The first-order chi connectivity index (χ1) is 6.57. The number of nitrogens with one attached hydrogen (secondary N) is 2. The van der Waals surface area contributed by atoms with Crippen molar-refractivity contribution in [2.24, 2.45) is 5.84 Å². The lowest BCUT2D eigenvalue weighted by Gasteiger charge is -2.07. The molecule has 0 aliphatic carbocycles. The van der Waals surface area contributed by atoms with Crippen LogP contribution in [0.2, 0.25) is 0 Å². The van der Waals surface area contributed by atoms with E-state index in [2.05, 4.69) is 10.1 Å². The maximum absolute atomic E-state index is 11.2. The second-order valence-electron chi connectivity index (χ2n) is 2.73. The van der Waals surface area contributed by atoms with E-state index in [-0.39, 0.29) is 5.75 Å². The smallest absolute Gasteiger partial charge is 0.232 e. The Morgan fingerprint density at radius 1 is 1.36 bits per heavy atom. The molecule has 0 bridgehead atoms. The Balaban J connectivity index is 2.87. The summed E-state index contributed by atoms with van der Waals surface area (Å²) in [5.74, 6) is 5.24. The highest BCUT2D eigenvalue weighted by atomic mass is 32.2. The second-order valence-corrected chi connectivity index (χ2v) is 4.74. The zero-order valence-corrected chi connectivity index (χ0v) is 8.64. The van der Waals surface area contributed by atoms with Crippen LogP contribution in [0.1, 0.15) is 6.92 Å². The van der Waals surface area contributed by atoms with E-state index in [9.17, 15) is 8.42 Å². The summed E-state index contributed by atoms with van der Waals surface area (Å²) < 4.78 is 24.8. The predicted octanol–water partition coefficient (Wildman–Crippen LogP) is 0.734. The lowest BCUT2D eigenvalue weighted by atomic mass is 10.3. The third-order valence-electron chi connectivity index (χ3n) is 1.68. The summed E-state index contributed by atoms with van der Waals surface area (Å²) in [4.78, 5) is 0. The summed E-state index contributed by atoms with van der Waals surface area (Å²) in [6.07, 6.45) is 0. The van der Waals surface area contributed by atoms with Gasteiger partial charge in [-0.3, -0.25) is 10.6 Å². The molecule has 5 nitrogen and oxygen atoms in total. The SMILES string of the molecule is CCS(=O)(=O)Nc1cccc(NN)c1. The van der Waals surface area contributed by atoms with Crippen LogP contribution in [0, 0.1) is 0 Å². The lowest BCUT2D eigenvalue weighted by Crippen LogP contribution is -2.15. The van der Waals surface area contributed by atoms with Gasteiger partial charge in [0.05, 0.1) is 17.1 Å². The Labute approximate surface area is 83.3 Å². The molecule has 0 atom stereocenters. The maximum Gasteiger partial charge on any atom is 0.232 e. The van der Waals surface area contributed by atoms with E-state index < -0.39 is 10.0 Å². The van der Waals surface area contributed by atoms with E-state index in [0.29, 0.717) is 11.4 Å². The van der Waals surface area contributed by atoms with E-state index >= 15 is 0 Å².